The summed E-state index contributed by atoms with van der Waals surface area (Å²) in [7, 11) is 1.48. The van der Waals surface area contributed by atoms with E-state index < -0.39 is 17.3 Å². The van der Waals surface area contributed by atoms with Gasteiger partial charge in [-0.2, -0.15) is 9.78 Å². The highest BCUT2D eigenvalue weighted by molar-refractivity contribution is 6.45. The van der Waals surface area contributed by atoms with Crippen LogP contribution in [0.3, 0.4) is 0 Å². The third kappa shape index (κ3) is 4.86. The minimum Gasteiger partial charge on any atom is -0.494 e. The van der Waals surface area contributed by atoms with Gasteiger partial charge in [0.2, 0.25) is 0 Å². The Morgan fingerprint density at radius 2 is 1.91 bits per heavy atom. The molecular formula is C28H31N11O4. The molecule has 1 aliphatic heterocycles. The number of aromatic amines is 2. The van der Waals surface area contributed by atoms with Gasteiger partial charge in [-0.3, -0.25) is 14.7 Å². The molecule has 43 heavy (non-hydrogen) atoms. The van der Waals surface area contributed by atoms with Crippen molar-refractivity contribution in [1.82, 2.24) is 50.3 Å². The van der Waals surface area contributed by atoms with Gasteiger partial charge < -0.3 is 24.6 Å². The van der Waals surface area contributed by atoms with E-state index in [0.717, 1.165) is 0 Å². The number of tetrazole rings is 1. The van der Waals surface area contributed by atoms with Crippen LogP contribution in [0.5, 0.6) is 5.75 Å². The molecule has 0 unspecified atom stereocenters. The normalized spacial score (nSPS) is 14.0. The van der Waals surface area contributed by atoms with Gasteiger partial charge in [0.15, 0.2) is 5.82 Å². The third-order valence-corrected chi connectivity index (χ3v) is 7.99. The maximum absolute atomic E-state index is 13.6. The number of carbonyl (C=O) groups excluding carboxylic acids is 2. The van der Waals surface area contributed by atoms with Crippen molar-refractivity contribution in [2.45, 2.75) is 32.3 Å². The van der Waals surface area contributed by atoms with Crippen LogP contribution < -0.4 is 9.64 Å². The summed E-state index contributed by atoms with van der Waals surface area (Å²) in [4.78, 5) is 42.4. The topological polar surface area (TPSA) is 184 Å². The van der Waals surface area contributed by atoms with Crippen LogP contribution in [0, 0.1) is 0 Å². The van der Waals surface area contributed by atoms with Crippen molar-refractivity contribution in [2.75, 3.05) is 38.2 Å². The zero-order valence-electron chi connectivity index (χ0n) is 24.0. The number of ether oxygens (including phenoxy) is 1. The van der Waals surface area contributed by atoms with Crippen molar-refractivity contribution < 1.29 is 19.4 Å². The summed E-state index contributed by atoms with van der Waals surface area (Å²) in [5.41, 5.74) is 1.14. The quantitative estimate of drug-likeness (QED) is 0.169. The van der Waals surface area contributed by atoms with E-state index in [1.165, 1.54) is 24.4 Å². The molecule has 5 aromatic rings. The predicted octanol–water partition coefficient (Wildman–Crippen LogP) is 1.87. The number of hydrogen-bond donors (Lipinski definition) is 3. The fourth-order valence-corrected chi connectivity index (χ4v) is 5.33. The molecule has 0 saturated carbocycles. The van der Waals surface area contributed by atoms with Crippen molar-refractivity contribution in [3.05, 3.63) is 54.1 Å². The molecule has 0 spiro atoms. The van der Waals surface area contributed by atoms with Crippen molar-refractivity contribution >= 4 is 28.5 Å². The number of fused-ring (bicyclic) bond motifs is 1. The van der Waals surface area contributed by atoms with Gasteiger partial charge in [0, 0.05) is 38.6 Å². The first-order chi connectivity index (χ1) is 20.9. The van der Waals surface area contributed by atoms with Gasteiger partial charge in [-0.15, -0.1) is 0 Å². The highest BCUT2D eigenvalue weighted by Crippen LogP contribution is 2.36. The van der Waals surface area contributed by atoms with Gasteiger partial charge in [0.05, 0.1) is 35.5 Å². The first-order valence-corrected chi connectivity index (χ1v) is 14.0. The fraction of sp³-hybridized carbons (Fsp3) is 0.357. The predicted molar refractivity (Wildman–Crippen MR) is 155 cm³/mol. The maximum Gasteiger partial charge on any atom is 0.295 e. The Labute approximate surface area is 245 Å². The van der Waals surface area contributed by atoms with Gasteiger partial charge >= 0.3 is 0 Å². The van der Waals surface area contributed by atoms with Gasteiger partial charge in [-0.1, -0.05) is 25.0 Å². The van der Waals surface area contributed by atoms with E-state index >= 15 is 0 Å². The molecule has 0 aromatic carbocycles. The van der Waals surface area contributed by atoms with Crippen LogP contribution >= 0.6 is 0 Å². The number of methoxy groups -OCH3 is 1. The number of nitrogens with zero attached hydrogens (tertiary/aromatic N) is 9. The molecule has 1 saturated heterocycles. The Morgan fingerprint density at radius 1 is 1.12 bits per heavy atom. The molecule has 3 N–H and O–H groups in total. The Morgan fingerprint density at radius 3 is 2.60 bits per heavy atom. The van der Waals surface area contributed by atoms with Crippen molar-refractivity contribution in [2.24, 2.45) is 0 Å². The lowest BCUT2D eigenvalue weighted by atomic mass is 9.93. The number of pyridine rings is 2. The highest BCUT2D eigenvalue weighted by atomic mass is 16.5. The largest absolute Gasteiger partial charge is 0.494 e. The number of aromatic nitrogens is 9. The summed E-state index contributed by atoms with van der Waals surface area (Å²) in [5, 5.41) is 30.7. The van der Waals surface area contributed by atoms with E-state index in [1.807, 2.05) is 30.9 Å². The van der Waals surface area contributed by atoms with Gasteiger partial charge in [-0.25, -0.2) is 9.97 Å². The van der Waals surface area contributed by atoms with Crippen molar-refractivity contribution in [3.8, 4) is 23.0 Å². The Balaban J connectivity index is 1.23. The zero-order chi connectivity index (χ0) is 30.1. The molecule has 0 bridgehead atoms. The lowest BCUT2D eigenvalue weighted by Crippen LogP contribution is -2.51. The molecule has 1 aliphatic rings. The molecule has 15 nitrogen and oxygen atoms in total. The molecule has 0 aliphatic carbocycles. The number of carbonyl (C=O) groups is 2. The van der Waals surface area contributed by atoms with E-state index in [9.17, 15) is 14.7 Å². The third-order valence-electron chi connectivity index (χ3n) is 7.99. The van der Waals surface area contributed by atoms with E-state index in [2.05, 4.69) is 40.7 Å². The van der Waals surface area contributed by atoms with E-state index in [1.54, 1.807) is 23.0 Å². The molecule has 1 amide bonds. The average Bonchev–Trinajstić information content (AvgIpc) is 3.84. The second kappa shape index (κ2) is 11.2. The summed E-state index contributed by atoms with van der Waals surface area (Å²) >= 11 is 0. The number of ketones is 1. The number of aliphatic hydroxyl groups is 1. The number of piperazine rings is 1. The summed E-state index contributed by atoms with van der Waals surface area (Å²) < 4.78 is 7.07. The number of amides is 1. The van der Waals surface area contributed by atoms with Crippen LogP contribution in [0.15, 0.2) is 42.9 Å². The number of H-pyrrole nitrogens is 2. The Kier molecular flexibility index (Phi) is 7.31. The van der Waals surface area contributed by atoms with Gasteiger partial charge in [-0.05, 0) is 41.5 Å². The van der Waals surface area contributed by atoms with E-state index in [-0.39, 0.29) is 5.56 Å². The molecular weight excluding hydrogens is 554 g/mol. The van der Waals surface area contributed by atoms with Crippen LogP contribution in [0.4, 0.5) is 5.95 Å². The maximum atomic E-state index is 13.6. The van der Waals surface area contributed by atoms with Crippen LogP contribution in [0.25, 0.3) is 28.1 Å². The zero-order valence-corrected chi connectivity index (χ0v) is 24.0. The molecule has 15 heteroatoms. The lowest BCUT2D eigenvalue weighted by Gasteiger charge is -2.34. The summed E-state index contributed by atoms with van der Waals surface area (Å²) in [6.45, 7) is 5.28. The van der Waals surface area contributed by atoms with Crippen molar-refractivity contribution in [1.29, 1.82) is 0 Å². The number of anilines is 1. The minimum absolute atomic E-state index is 0.177. The minimum atomic E-state index is -1.05. The molecule has 222 valence electrons. The second-order valence-electron chi connectivity index (χ2n) is 10.2. The molecule has 5 aromatic heterocycles. The number of nitrogens with one attached hydrogen (secondary N) is 2. The first-order valence-electron chi connectivity index (χ1n) is 14.0. The Hall–Kier alpha value is -5.18. The van der Waals surface area contributed by atoms with Crippen LogP contribution in [-0.2, 0) is 10.4 Å². The van der Waals surface area contributed by atoms with Crippen molar-refractivity contribution in [3.63, 3.8) is 0 Å². The van der Waals surface area contributed by atoms with Gasteiger partial charge in [0.1, 0.15) is 22.7 Å². The average molecular weight is 586 g/mol. The Bertz CT molecular complexity index is 1770. The van der Waals surface area contributed by atoms with Crippen LogP contribution in [-0.4, -0.2) is 100 Å². The van der Waals surface area contributed by atoms with E-state index in [0.29, 0.717) is 84.5 Å². The van der Waals surface area contributed by atoms with E-state index in [4.69, 9.17) is 4.74 Å². The molecule has 6 rings (SSSR count). The molecule has 1 fully saturated rings. The SMILES string of the molecule is CCC(O)(CC)c1cc(-c2ncc(OC)c3c(C(=O)C(=O)N4CCN(c5nnnn5-c5ccccn5)CC4)c[nH]c23)n[nH]1. The lowest BCUT2D eigenvalue weighted by molar-refractivity contribution is -0.126. The fourth-order valence-electron chi connectivity index (χ4n) is 5.33. The molecule has 0 radical (unpaired) electrons. The first kappa shape index (κ1) is 28.0. The standard InChI is InChI=1S/C28H31N11O4/c1-4-28(42,5-2)20-14-18(32-33-20)23-24-22(19(43-3)16-31-23)17(15-30-24)25(40)26(41)37-10-12-38(13-11-37)27-34-35-36-39(27)21-8-6-7-9-29-21/h6-9,14-16,30,42H,4-5,10-13H2,1-3H3,(H,32,33). The number of hydrogen-bond acceptors (Lipinski definition) is 11. The number of Topliss-reactive ketones (excluding diaryl/α,β-unsaturated/α-hetero) is 1. The van der Waals surface area contributed by atoms with Crippen LogP contribution in [0.2, 0.25) is 0 Å². The smallest absolute Gasteiger partial charge is 0.295 e. The summed E-state index contributed by atoms with van der Waals surface area (Å²) in [6, 6.07) is 7.20. The summed E-state index contributed by atoms with van der Waals surface area (Å²) in [5.74, 6) is 0.148. The van der Waals surface area contributed by atoms with Crippen LogP contribution in [0.1, 0.15) is 42.7 Å². The monoisotopic (exact) mass is 585 g/mol. The molecule has 6 heterocycles. The van der Waals surface area contributed by atoms with Gasteiger partial charge in [0.25, 0.3) is 17.6 Å². The number of rotatable bonds is 9. The highest BCUT2D eigenvalue weighted by Gasteiger charge is 2.32. The second-order valence-corrected chi connectivity index (χ2v) is 10.2. The molecule has 0 atom stereocenters. The summed E-state index contributed by atoms with van der Waals surface area (Å²) in [6.07, 6.45) is 5.67.